The molecule has 16 heteroatoms. The fourth-order valence-corrected chi connectivity index (χ4v) is 2.92. The number of nitrogens with one attached hydrogen (secondary N) is 2. The van der Waals surface area contributed by atoms with E-state index in [9.17, 15) is 26.5 Å². The van der Waals surface area contributed by atoms with Crippen LogP contribution in [0.4, 0.5) is 17.6 Å². The maximum atomic E-state index is 11.5. The molecule has 1 aromatic heterocycles. The van der Waals surface area contributed by atoms with Crippen molar-refractivity contribution in [2.24, 2.45) is 5.73 Å². The fraction of sp³-hybridized carbons (Fsp3) is 0.182. The zero-order valence-electron chi connectivity index (χ0n) is 13.8. The van der Waals surface area contributed by atoms with Gasteiger partial charge in [0.2, 0.25) is 11.9 Å². The first kappa shape index (κ1) is 23.4. The van der Waals surface area contributed by atoms with Crippen LogP contribution in [0.1, 0.15) is 0 Å². The molecule has 0 radical (unpaired) electrons. The van der Waals surface area contributed by atoms with Crippen LogP contribution in [0.25, 0.3) is 0 Å². The Balaban J connectivity index is 0.00000364. The third kappa shape index (κ3) is 6.51. The van der Waals surface area contributed by atoms with Gasteiger partial charge in [0, 0.05) is 13.1 Å². The van der Waals surface area contributed by atoms with Crippen molar-refractivity contribution in [2.45, 2.75) is 9.79 Å². The van der Waals surface area contributed by atoms with Gasteiger partial charge in [0.05, 0.1) is 16.6 Å². The molecule has 13 nitrogen and oxygen atoms in total. The Bertz CT molecular complexity index is 1030. The minimum Gasteiger partial charge on any atom is -0.844 e. The number of aromatic nitrogens is 3. The van der Waals surface area contributed by atoms with Gasteiger partial charge in [0.15, 0.2) is 0 Å². The first-order valence-corrected chi connectivity index (χ1v) is 9.62. The summed E-state index contributed by atoms with van der Waals surface area (Å²) in [5, 5.41) is 16.4. The van der Waals surface area contributed by atoms with Crippen molar-refractivity contribution in [1.29, 1.82) is 0 Å². The fourth-order valence-electron chi connectivity index (χ4n) is 1.79. The second kappa shape index (κ2) is 9.07. The molecule has 1 aromatic carbocycles. The first-order valence-electron chi connectivity index (χ1n) is 6.74. The minimum atomic E-state index is -4.77. The smallest absolute Gasteiger partial charge is 0.844 e. The molecule has 0 aliphatic carbocycles. The quantitative estimate of drug-likeness (QED) is 0.208. The van der Waals surface area contributed by atoms with Crippen LogP contribution in [0, 0.1) is 0 Å². The predicted molar refractivity (Wildman–Crippen MR) is 86.2 cm³/mol. The number of nitrogens with zero attached hydrogens (tertiary/aromatic N) is 3. The monoisotopic (exact) mass is 428 g/mol. The van der Waals surface area contributed by atoms with Crippen LogP contribution in [-0.2, 0) is 20.2 Å². The van der Waals surface area contributed by atoms with Gasteiger partial charge in [-0.15, -0.1) is 0 Å². The molecule has 2 aromatic rings. The van der Waals surface area contributed by atoms with E-state index in [4.69, 9.17) is 10.3 Å². The standard InChI is InChI=1S/C11H14N6O7S2.Na/c12-3-4-13-9-15-10(17-11(18)16-9)14-7-5-6(25(19,20)21)1-2-8(7)26(22,23)24;/h1-2,5H,3-4,12H2,(H,19,20,21)(H,22,23,24)(H3,13,14,15,16,17,18);/q;+1/p-1. The van der Waals surface area contributed by atoms with Crippen LogP contribution in [0.5, 0.6) is 6.01 Å². The van der Waals surface area contributed by atoms with E-state index in [0.717, 1.165) is 18.2 Å². The van der Waals surface area contributed by atoms with Gasteiger partial charge in [-0.3, -0.25) is 9.11 Å². The van der Waals surface area contributed by atoms with Gasteiger partial charge in [0.1, 0.15) is 4.90 Å². The molecular formula is C11H13N6NaO7S2. The summed E-state index contributed by atoms with van der Waals surface area (Å²) < 4.78 is 63.7. The molecule has 0 aliphatic heterocycles. The molecule has 0 aliphatic rings. The summed E-state index contributed by atoms with van der Waals surface area (Å²) in [6, 6.07) is 1.26. The van der Waals surface area contributed by atoms with Crippen LogP contribution >= 0.6 is 0 Å². The van der Waals surface area contributed by atoms with Crippen LogP contribution < -0.4 is 51.0 Å². The van der Waals surface area contributed by atoms with Gasteiger partial charge in [-0.1, -0.05) is 0 Å². The van der Waals surface area contributed by atoms with Crippen molar-refractivity contribution in [2.75, 3.05) is 23.7 Å². The van der Waals surface area contributed by atoms with Gasteiger partial charge in [-0.2, -0.15) is 21.8 Å². The average molecular weight is 428 g/mol. The summed E-state index contributed by atoms with van der Waals surface area (Å²) in [5.74, 6) is -0.584. The molecule has 0 saturated carbocycles. The van der Waals surface area contributed by atoms with Gasteiger partial charge in [-0.25, -0.2) is 9.97 Å². The number of benzene rings is 1. The van der Waals surface area contributed by atoms with Crippen LogP contribution in [0.2, 0.25) is 0 Å². The van der Waals surface area contributed by atoms with Gasteiger partial charge >= 0.3 is 29.6 Å². The van der Waals surface area contributed by atoms with Gasteiger partial charge < -0.3 is 21.5 Å². The van der Waals surface area contributed by atoms with Crippen molar-refractivity contribution in [1.82, 2.24) is 15.0 Å². The predicted octanol–water partition coefficient (Wildman–Crippen LogP) is -4.44. The molecule has 0 bridgehead atoms. The zero-order valence-corrected chi connectivity index (χ0v) is 17.5. The molecule has 0 atom stereocenters. The van der Waals surface area contributed by atoms with E-state index >= 15 is 0 Å². The van der Waals surface area contributed by atoms with E-state index in [2.05, 4.69) is 25.6 Å². The summed E-state index contributed by atoms with van der Waals surface area (Å²) in [6.07, 6.45) is 0. The van der Waals surface area contributed by atoms with Crippen LogP contribution in [-0.4, -0.2) is 54.0 Å². The van der Waals surface area contributed by atoms with E-state index in [1.165, 1.54) is 0 Å². The van der Waals surface area contributed by atoms with Crippen molar-refractivity contribution in [3.05, 3.63) is 18.2 Å². The van der Waals surface area contributed by atoms with Gasteiger partial charge in [-0.05, 0) is 18.2 Å². The summed E-state index contributed by atoms with van der Waals surface area (Å²) in [7, 11) is -9.44. The Kier molecular flexibility index (Phi) is 7.87. The molecule has 2 rings (SSSR count). The molecule has 6 N–H and O–H groups in total. The number of nitrogens with two attached hydrogens (primary N) is 1. The average Bonchev–Trinajstić information content (AvgIpc) is 2.50. The summed E-state index contributed by atoms with van der Waals surface area (Å²) >= 11 is 0. The number of anilines is 3. The number of hydrogen-bond donors (Lipinski definition) is 5. The van der Waals surface area contributed by atoms with Crippen molar-refractivity contribution in [3.8, 4) is 6.01 Å². The van der Waals surface area contributed by atoms with E-state index in [0.29, 0.717) is 0 Å². The number of rotatable bonds is 7. The molecule has 1 heterocycles. The van der Waals surface area contributed by atoms with Crippen LogP contribution in [0.15, 0.2) is 28.0 Å². The van der Waals surface area contributed by atoms with Crippen LogP contribution in [0.3, 0.4) is 0 Å². The topological polar surface area (TPSA) is 221 Å². The van der Waals surface area contributed by atoms with E-state index < -0.39 is 47.7 Å². The molecule has 27 heavy (non-hydrogen) atoms. The van der Waals surface area contributed by atoms with Gasteiger partial charge in [0.25, 0.3) is 20.2 Å². The Morgan fingerprint density at radius 3 is 2.22 bits per heavy atom. The Morgan fingerprint density at radius 1 is 1.04 bits per heavy atom. The normalized spacial score (nSPS) is 11.5. The molecule has 0 spiro atoms. The van der Waals surface area contributed by atoms with Crippen molar-refractivity contribution >= 4 is 37.8 Å². The Morgan fingerprint density at radius 2 is 1.67 bits per heavy atom. The molecule has 0 amide bonds. The SMILES string of the molecule is NCCNc1nc([O-])nc(Nc2cc(S(=O)(=O)O)ccc2S(=O)(=O)O)n1.[Na+]. The first-order chi connectivity index (χ1) is 12.0. The molecule has 0 saturated heterocycles. The van der Waals surface area contributed by atoms with Crippen molar-refractivity contribution in [3.63, 3.8) is 0 Å². The minimum absolute atomic E-state index is 0. The Labute approximate surface area is 176 Å². The zero-order chi connectivity index (χ0) is 19.5. The largest absolute Gasteiger partial charge is 1.00 e. The van der Waals surface area contributed by atoms with E-state index in [1.807, 2.05) is 0 Å². The summed E-state index contributed by atoms with van der Waals surface area (Å²) in [4.78, 5) is 9.26. The van der Waals surface area contributed by atoms with E-state index in [1.54, 1.807) is 0 Å². The molecule has 142 valence electrons. The summed E-state index contributed by atoms with van der Waals surface area (Å²) in [5.41, 5.74) is 4.81. The second-order valence-electron chi connectivity index (χ2n) is 4.71. The third-order valence-corrected chi connectivity index (χ3v) is 4.58. The maximum Gasteiger partial charge on any atom is 1.00 e. The third-order valence-electron chi connectivity index (χ3n) is 2.82. The molecule has 0 fully saturated rings. The van der Waals surface area contributed by atoms with E-state index in [-0.39, 0.29) is 48.6 Å². The second-order valence-corrected chi connectivity index (χ2v) is 7.53. The molecular weight excluding hydrogens is 415 g/mol. The molecule has 0 unspecified atom stereocenters. The maximum absolute atomic E-state index is 11.5. The van der Waals surface area contributed by atoms with Crippen molar-refractivity contribution < 1.29 is 60.6 Å². The Hall–Kier alpha value is -1.59. The number of hydrogen-bond acceptors (Lipinski definition) is 11. The summed E-state index contributed by atoms with van der Waals surface area (Å²) in [6.45, 7) is 0.448.